The van der Waals surface area contributed by atoms with Crippen molar-refractivity contribution in [2.24, 2.45) is 0 Å². The maximum atomic E-state index is 11.4. The Bertz CT molecular complexity index is 431. The molecule has 18 heavy (non-hydrogen) atoms. The van der Waals surface area contributed by atoms with Crippen LogP contribution in [-0.4, -0.2) is 44.2 Å². The van der Waals surface area contributed by atoms with Crippen molar-refractivity contribution < 1.29 is 9.53 Å². The second-order valence-electron chi connectivity index (χ2n) is 4.32. The van der Waals surface area contributed by atoms with Gasteiger partial charge in [0, 0.05) is 36.3 Å². The number of hydrogen-bond acceptors (Lipinski definition) is 4. The molecule has 1 aromatic carbocycles. The molecule has 0 radical (unpaired) electrons. The van der Waals surface area contributed by atoms with E-state index in [9.17, 15) is 4.79 Å². The molecule has 1 saturated heterocycles. The van der Waals surface area contributed by atoms with Crippen LogP contribution in [0.15, 0.2) is 18.2 Å². The van der Waals surface area contributed by atoms with Crippen molar-refractivity contribution in [2.45, 2.75) is 6.54 Å². The van der Waals surface area contributed by atoms with E-state index in [0.29, 0.717) is 5.56 Å². The summed E-state index contributed by atoms with van der Waals surface area (Å²) in [4.78, 5) is 13.8. The highest BCUT2D eigenvalue weighted by Crippen LogP contribution is 2.17. The van der Waals surface area contributed by atoms with E-state index in [1.807, 2.05) is 18.2 Å². The van der Waals surface area contributed by atoms with E-state index in [2.05, 4.69) is 32.8 Å². The largest absolute Gasteiger partial charge is 0.465 e. The molecular formula is C13H17IN2O2. The number of piperazine rings is 1. The Balaban J connectivity index is 2.07. The van der Waals surface area contributed by atoms with Crippen LogP contribution in [0, 0.1) is 3.57 Å². The Kier molecular flexibility index (Phi) is 4.96. The van der Waals surface area contributed by atoms with Crippen molar-refractivity contribution in [2.75, 3.05) is 33.3 Å². The number of carbonyl (C=O) groups is 1. The van der Waals surface area contributed by atoms with Gasteiger partial charge in [0.15, 0.2) is 0 Å². The fraction of sp³-hybridized carbons (Fsp3) is 0.462. The number of esters is 1. The van der Waals surface area contributed by atoms with Gasteiger partial charge >= 0.3 is 5.97 Å². The molecule has 2 rings (SSSR count). The predicted molar refractivity (Wildman–Crippen MR) is 78.6 cm³/mol. The Morgan fingerprint density at radius 3 is 2.78 bits per heavy atom. The summed E-state index contributed by atoms with van der Waals surface area (Å²) in [6.45, 7) is 5.21. The summed E-state index contributed by atoms with van der Waals surface area (Å²) in [5, 5.41) is 3.34. The first-order chi connectivity index (χ1) is 8.70. The number of methoxy groups -OCH3 is 1. The van der Waals surface area contributed by atoms with Crippen molar-refractivity contribution >= 4 is 28.6 Å². The van der Waals surface area contributed by atoms with Crippen molar-refractivity contribution in [1.29, 1.82) is 0 Å². The minimum atomic E-state index is -0.276. The van der Waals surface area contributed by atoms with E-state index in [-0.39, 0.29) is 5.97 Å². The number of ether oxygens (including phenoxy) is 1. The number of nitrogens with one attached hydrogen (secondary N) is 1. The highest BCUT2D eigenvalue weighted by Gasteiger charge is 2.13. The van der Waals surface area contributed by atoms with Crippen LogP contribution in [-0.2, 0) is 11.3 Å². The second kappa shape index (κ2) is 6.49. The lowest BCUT2D eigenvalue weighted by Gasteiger charge is -2.27. The number of nitrogens with zero attached hydrogens (tertiary/aromatic N) is 1. The van der Waals surface area contributed by atoms with E-state index < -0.39 is 0 Å². The SMILES string of the molecule is COC(=O)c1ccc(CN2CCNCC2)c(I)c1. The molecule has 1 aliphatic rings. The van der Waals surface area contributed by atoms with Gasteiger partial charge in [-0.15, -0.1) is 0 Å². The molecule has 0 unspecified atom stereocenters. The molecule has 1 fully saturated rings. The van der Waals surface area contributed by atoms with E-state index in [1.54, 1.807) is 0 Å². The number of rotatable bonds is 3. The van der Waals surface area contributed by atoms with Gasteiger partial charge in [0.25, 0.3) is 0 Å². The van der Waals surface area contributed by atoms with Crippen molar-refractivity contribution in [3.8, 4) is 0 Å². The highest BCUT2D eigenvalue weighted by molar-refractivity contribution is 14.1. The summed E-state index contributed by atoms with van der Waals surface area (Å²) in [5.74, 6) is -0.276. The van der Waals surface area contributed by atoms with Gasteiger partial charge in [0.1, 0.15) is 0 Å². The van der Waals surface area contributed by atoms with Crippen LogP contribution in [0.3, 0.4) is 0 Å². The monoisotopic (exact) mass is 360 g/mol. The van der Waals surface area contributed by atoms with Crippen LogP contribution < -0.4 is 5.32 Å². The first kappa shape index (κ1) is 13.8. The Morgan fingerprint density at radius 2 is 2.17 bits per heavy atom. The highest BCUT2D eigenvalue weighted by atomic mass is 127. The summed E-state index contributed by atoms with van der Waals surface area (Å²) >= 11 is 2.28. The fourth-order valence-corrected chi connectivity index (χ4v) is 2.72. The van der Waals surface area contributed by atoms with Crippen molar-refractivity contribution in [1.82, 2.24) is 10.2 Å². The fourth-order valence-electron chi connectivity index (χ4n) is 2.03. The summed E-state index contributed by atoms with van der Waals surface area (Å²) in [7, 11) is 1.41. The van der Waals surface area contributed by atoms with Gasteiger partial charge in [-0.05, 0) is 40.3 Å². The first-order valence-corrected chi connectivity index (χ1v) is 7.08. The van der Waals surface area contributed by atoms with Gasteiger partial charge < -0.3 is 10.1 Å². The molecule has 1 heterocycles. The topological polar surface area (TPSA) is 41.6 Å². The van der Waals surface area contributed by atoms with Crippen LogP contribution in [0.5, 0.6) is 0 Å². The summed E-state index contributed by atoms with van der Waals surface area (Å²) < 4.78 is 5.84. The molecular weight excluding hydrogens is 343 g/mol. The molecule has 0 amide bonds. The average Bonchev–Trinajstić information content (AvgIpc) is 2.41. The Morgan fingerprint density at radius 1 is 1.44 bits per heavy atom. The summed E-state index contributed by atoms with van der Waals surface area (Å²) in [5.41, 5.74) is 1.89. The predicted octanol–water partition coefficient (Wildman–Crippen LogP) is 1.48. The lowest BCUT2D eigenvalue weighted by Crippen LogP contribution is -2.43. The lowest BCUT2D eigenvalue weighted by molar-refractivity contribution is 0.0600. The van der Waals surface area contributed by atoms with E-state index in [0.717, 1.165) is 36.3 Å². The van der Waals surface area contributed by atoms with Crippen LogP contribution in [0.25, 0.3) is 0 Å². The molecule has 0 aromatic heterocycles. The van der Waals surface area contributed by atoms with Crippen LogP contribution in [0.2, 0.25) is 0 Å². The number of hydrogen-bond donors (Lipinski definition) is 1. The minimum absolute atomic E-state index is 0.276. The van der Waals surface area contributed by atoms with Gasteiger partial charge in [-0.2, -0.15) is 0 Å². The van der Waals surface area contributed by atoms with Gasteiger partial charge in [-0.25, -0.2) is 4.79 Å². The Hall–Kier alpha value is -0.660. The number of halogens is 1. The van der Waals surface area contributed by atoms with E-state index in [1.165, 1.54) is 12.7 Å². The molecule has 5 heteroatoms. The summed E-state index contributed by atoms with van der Waals surface area (Å²) in [6.07, 6.45) is 0. The van der Waals surface area contributed by atoms with Crippen LogP contribution in [0.1, 0.15) is 15.9 Å². The third-order valence-corrected chi connectivity index (χ3v) is 4.08. The van der Waals surface area contributed by atoms with Crippen LogP contribution >= 0.6 is 22.6 Å². The molecule has 0 spiro atoms. The molecule has 0 saturated carbocycles. The third kappa shape index (κ3) is 3.43. The van der Waals surface area contributed by atoms with Gasteiger partial charge in [-0.3, -0.25) is 4.90 Å². The molecule has 0 aliphatic carbocycles. The maximum absolute atomic E-state index is 11.4. The van der Waals surface area contributed by atoms with E-state index >= 15 is 0 Å². The van der Waals surface area contributed by atoms with Gasteiger partial charge in [0.2, 0.25) is 0 Å². The minimum Gasteiger partial charge on any atom is -0.465 e. The molecule has 1 aliphatic heterocycles. The van der Waals surface area contributed by atoms with Crippen LogP contribution in [0.4, 0.5) is 0 Å². The molecule has 1 aromatic rings. The second-order valence-corrected chi connectivity index (χ2v) is 5.49. The number of benzene rings is 1. The molecule has 1 N–H and O–H groups in total. The summed E-state index contributed by atoms with van der Waals surface area (Å²) in [6, 6.07) is 5.76. The lowest BCUT2D eigenvalue weighted by atomic mass is 10.1. The molecule has 98 valence electrons. The maximum Gasteiger partial charge on any atom is 0.337 e. The zero-order valence-corrected chi connectivity index (χ0v) is 12.6. The zero-order valence-electron chi connectivity index (χ0n) is 10.4. The van der Waals surface area contributed by atoms with Gasteiger partial charge in [-0.1, -0.05) is 6.07 Å². The standard InChI is InChI=1S/C13H17IN2O2/c1-18-13(17)10-2-3-11(12(14)8-10)9-16-6-4-15-5-7-16/h2-3,8,15H,4-7,9H2,1H3. The van der Waals surface area contributed by atoms with E-state index in [4.69, 9.17) is 4.74 Å². The zero-order chi connectivity index (χ0) is 13.0. The number of carbonyl (C=O) groups excluding carboxylic acids is 1. The third-order valence-electron chi connectivity index (χ3n) is 3.08. The average molecular weight is 360 g/mol. The first-order valence-electron chi connectivity index (χ1n) is 6.00. The van der Waals surface area contributed by atoms with Gasteiger partial charge in [0.05, 0.1) is 12.7 Å². The van der Waals surface area contributed by atoms with Crippen molar-refractivity contribution in [3.63, 3.8) is 0 Å². The molecule has 0 atom stereocenters. The smallest absolute Gasteiger partial charge is 0.337 e. The quantitative estimate of drug-likeness (QED) is 0.655. The molecule has 4 nitrogen and oxygen atoms in total. The Labute approximate surface area is 121 Å². The van der Waals surface area contributed by atoms with Crippen molar-refractivity contribution in [3.05, 3.63) is 32.9 Å². The molecule has 0 bridgehead atoms. The normalized spacial score (nSPS) is 16.6.